The minimum absolute atomic E-state index is 0.199. The van der Waals surface area contributed by atoms with Crippen LogP contribution in [0.1, 0.15) is 53.4 Å². The molecular formula is C14H29NO2S. The highest BCUT2D eigenvalue weighted by molar-refractivity contribution is 7.92. The summed E-state index contributed by atoms with van der Waals surface area (Å²) in [7, 11) is -2.94. The Hall–Kier alpha value is -0.0900. The van der Waals surface area contributed by atoms with Crippen LogP contribution in [0.15, 0.2) is 0 Å². The highest BCUT2D eigenvalue weighted by atomic mass is 32.2. The molecule has 1 fully saturated rings. The Labute approximate surface area is 113 Å². The molecule has 0 bridgehead atoms. The van der Waals surface area contributed by atoms with E-state index in [0.717, 1.165) is 5.92 Å². The van der Waals surface area contributed by atoms with Crippen molar-refractivity contribution < 1.29 is 8.42 Å². The number of rotatable bonds is 6. The van der Waals surface area contributed by atoms with Gasteiger partial charge in [0.15, 0.2) is 9.84 Å². The number of hydrogen-bond donors (Lipinski definition) is 1. The molecule has 3 nitrogen and oxygen atoms in total. The molecule has 0 radical (unpaired) electrons. The van der Waals surface area contributed by atoms with Gasteiger partial charge in [-0.25, -0.2) is 8.42 Å². The zero-order chi connectivity index (χ0) is 13.8. The van der Waals surface area contributed by atoms with Gasteiger partial charge in [-0.05, 0) is 31.6 Å². The lowest BCUT2D eigenvalue weighted by Crippen LogP contribution is -2.38. The second-order valence-electron chi connectivity index (χ2n) is 6.24. The lowest BCUT2D eigenvalue weighted by molar-refractivity contribution is 0.305. The minimum Gasteiger partial charge on any atom is -0.313 e. The number of sulfone groups is 1. The molecule has 0 aromatic heterocycles. The third kappa shape index (κ3) is 4.88. The van der Waals surface area contributed by atoms with Crippen LogP contribution >= 0.6 is 0 Å². The van der Waals surface area contributed by atoms with Crippen molar-refractivity contribution in [2.75, 3.05) is 12.3 Å². The van der Waals surface area contributed by atoms with Gasteiger partial charge >= 0.3 is 0 Å². The first-order valence-corrected chi connectivity index (χ1v) is 8.99. The van der Waals surface area contributed by atoms with Gasteiger partial charge in [0.05, 0.1) is 11.0 Å². The van der Waals surface area contributed by atoms with Crippen molar-refractivity contribution in [2.45, 2.75) is 64.7 Å². The first kappa shape index (κ1) is 16.0. The van der Waals surface area contributed by atoms with Crippen LogP contribution in [-0.4, -0.2) is 32.0 Å². The van der Waals surface area contributed by atoms with Crippen molar-refractivity contribution in [1.29, 1.82) is 0 Å². The summed E-state index contributed by atoms with van der Waals surface area (Å²) in [6.45, 7) is 8.65. The van der Waals surface area contributed by atoms with Crippen LogP contribution in [-0.2, 0) is 9.84 Å². The van der Waals surface area contributed by atoms with Gasteiger partial charge in [-0.15, -0.1) is 0 Å². The average Bonchev–Trinajstić information content (AvgIpc) is 2.27. The van der Waals surface area contributed by atoms with E-state index in [2.05, 4.69) is 12.2 Å². The number of nitrogens with one attached hydrogen (secondary N) is 1. The molecule has 1 aliphatic carbocycles. The lowest BCUT2D eigenvalue weighted by Gasteiger charge is -2.27. The predicted molar refractivity (Wildman–Crippen MR) is 77.5 cm³/mol. The Morgan fingerprint density at radius 1 is 1.22 bits per heavy atom. The molecule has 3 atom stereocenters. The largest absolute Gasteiger partial charge is 0.313 e. The monoisotopic (exact) mass is 275 g/mol. The summed E-state index contributed by atoms with van der Waals surface area (Å²) < 4.78 is 24.1. The summed E-state index contributed by atoms with van der Waals surface area (Å²) in [6, 6.07) is 0.526. The van der Waals surface area contributed by atoms with Crippen molar-refractivity contribution in [3.63, 3.8) is 0 Å². The van der Waals surface area contributed by atoms with E-state index in [1.165, 1.54) is 25.7 Å². The maximum Gasteiger partial charge on any atom is 0.154 e. The smallest absolute Gasteiger partial charge is 0.154 e. The summed E-state index contributed by atoms with van der Waals surface area (Å²) in [5.74, 6) is 1.25. The van der Waals surface area contributed by atoms with E-state index in [1.54, 1.807) is 0 Å². The summed E-state index contributed by atoms with van der Waals surface area (Å²) >= 11 is 0. The fraction of sp³-hybridized carbons (Fsp3) is 1.00. The fourth-order valence-corrected chi connectivity index (χ4v) is 4.23. The lowest BCUT2D eigenvalue weighted by atomic mass is 9.87. The molecule has 1 N–H and O–H groups in total. The van der Waals surface area contributed by atoms with Crippen molar-refractivity contribution in [1.82, 2.24) is 5.32 Å². The van der Waals surface area contributed by atoms with Crippen LogP contribution in [0.5, 0.6) is 0 Å². The molecule has 0 spiro atoms. The topological polar surface area (TPSA) is 46.2 Å². The Morgan fingerprint density at radius 3 is 2.44 bits per heavy atom. The highest BCUT2D eigenvalue weighted by Gasteiger charge is 2.24. The molecule has 18 heavy (non-hydrogen) atoms. The second-order valence-corrected chi connectivity index (χ2v) is 8.72. The number of hydrogen-bond acceptors (Lipinski definition) is 3. The molecule has 0 aliphatic heterocycles. The Kier molecular flexibility index (Phi) is 6.12. The zero-order valence-corrected chi connectivity index (χ0v) is 13.1. The van der Waals surface area contributed by atoms with Gasteiger partial charge in [0.1, 0.15) is 0 Å². The molecule has 108 valence electrons. The average molecular weight is 275 g/mol. The first-order chi connectivity index (χ1) is 8.33. The van der Waals surface area contributed by atoms with E-state index in [1.807, 2.05) is 20.8 Å². The maximum absolute atomic E-state index is 12.0. The summed E-state index contributed by atoms with van der Waals surface area (Å²) in [5, 5.41) is 3.19. The van der Waals surface area contributed by atoms with Gasteiger partial charge in [0.2, 0.25) is 0 Å². The van der Waals surface area contributed by atoms with Gasteiger partial charge in [-0.2, -0.15) is 0 Å². The summed E-state index contributed by atoms with van der Waals surface area (Å²) in [4.78, 5) is 0. The molecular weight excluding hydrogens is 246 g/mol. The molecule has 1 saturated carbocycles. The highest BCUT2D eigenvalue weighted by Crippen LogP contribution is 2.23. The summed E-state index contributed by atoms with van der Waals surface area (Å²) in [5.41, 5.74) is 0. The SMILES string of the molecule is CC1CCCC(NCCS(=O)(=O)C(C)C(C)C)C1. The molecule has 1 rings (SSSR count). The third-order valence-corrected chi connectivity index (χ3v) is 6.71. The van der Waals surface area contributed by atoms with E-state index in [9.17, 15) is 8.42 Å². The van der Waals surface area contributed by atoms with E-state index < -0.39 is 9.84 Å². The molecule has 0 saturated heterocycles. The van der Waals surface area contributed by atoms with E-state index in [4.69, 9.17) is 0 Å². The molecule has 0 heterocycles. The van der Waals surface area contributed by atoms with E-state index >= 15 is 0 Å². The molecule has 4 heteroatoms. The van der Waals surface area contributed by atoms with Crippen LogP contribution in [0.3, 0.4) is 0 Å². The molecule has 0 aromatic rings. The normalized spacial score (nSPS) is 27.4. The van der Waals surface area contributed by atoms with Crippen molar-refractivity contribution in [3.8, 4) is 0 Å². The Morgan fingerprint density at radius 2 is 1.89 bits per heavy atom. The van der Waals surface area contributed by atoms with Crippen molar-refractivity contribution in [3.05, 3.63) is 0 Å². The van der Waals surface area contributed by atoms with Gasteiger partial charge < -0.3 is 5.32 Å². The Balaban J connectivity index is 2.32. The van der Waals surface area contributed by atoms with Crippen LogP contribution in [0.25, 0.3) is 0 Å². The van der Waals surface area contributed by atoms with Gasteiger partial charge in [0.25, 0.3) is 0 Å². The van der Waals surface area contributed by atoms with Crippen molar-refractivity contribution >= 4 is 9.84 Å². The van der Waals surface area contributed by atoms with Crippen LogP contribution in [0.4, 0.5) is 0 Å². The van der Waals surface area contributed by atoms with Crippen LogP contribution < -0.4 is 5.32 Å². The molecule has 0 amide bonds. The van der Waals surface area contributed by atoms with Crippen LogP contribution in [0.2, 0.25) is 0 Å². The van der Waals surface area contributed by atoms with Gasteiger partial charge in [-0.1, -0.05) is 33.6 Å². The standard InChI is InChI=1S/C14H29NO2S/c1-11(2)13(4)18(16,17)9-8-15-14-7-5-6-12(3)10-14/h11-15H,5-10H2,1-4H3. The van der Waals surface area contributed by atoms with Gasteiger partial charge in [0, 0.05) is 12.6 Å². The first-order valence-electron chi connectivity index (χ1n) is 7.28. The van der Waals surface area contributed by atoms with E-state index in [-0.39, 0.29) is 16.9 Å². The van der Waals surface area contributed by atoms with Crippen LogP contribution in [0, 0.1) is 11.8 Å². The maximum atomic E-state index is 12.0. The zero-order valence-electron chi connectivity index (χ0n) is 12.3. The Bertz CT molecular complexity index is 338. The fourth-order valence-electron chi connectivity index (χ4n) is 2.63. The van der Waals surface area contributed by atoms with Gasteiger partial charge in [-0.3, -0.25) is 0 Å². The van der Waals surface area contributed by atoms with Crippen molar-refractivity contribution in [2.24, 2.45) is 11.8 Å². The molecule has 3 unspecified atom stereocenters. The second kappa shape index (κ2) is 6.90. The van der Waals surface area contributed by atoms with E-state index in [0.29, 0.717) is 12.6 Å². The molecule has 1 aliphatic rings. The molecule has 0 aromatic carbocycles. The third-order valence-electron chi connectivity index (χ3n) is 4.26. The summed E-state index contributed by atoms with van der Waals surface area (Å²) in [6.07, 6.45) is 4.98. The minimum atomic E-state index is -2.94. The quantitative estimate of drug-likeness (QED) is 0.810. The predicted octanol–water partition coefficient (Wildman–Crippen LogP) is 2.61.